The van der Waals surface area contributed by atoms with Crippen LogP contribution in [0.4, 0.5) is 0 Å². The molecule has 1 aromatic heterocycles. The van der Waals surface area contributed by atoms with Crippen molar-refractivity contribution in [3.8, 4) is 56.4 Å². The van der Waals surface area contributed by atoms with Crippen LogP contribution in [0.25, 0.3) is 78.0 Å². The van der Waals surface area contributed by atoms with Crippen LogP contribution in [0, 0.1) is 0 Å². The minimum absolute atomic E-state index is 0.104. The third-order valence-corrected chi connectivity index (χ3v) is 14.1. The fourth-order valence-corrected chi connectivity index (χ4v) is 10.3. The number of hydrogen-bond donors (Lipinski definition) is 0. The largest absolute Gasteiger partial charge is 0.319 e. The normalized spacial score (nSPS) is 14.0. The summed E-state index contributed by atoms with van der Waals surface area (Å²) in [5, 5.41) is 5.45. The van der Waals surface area contributed by atoms with Gasteiger partial charge in [0.2, 0.25) is 0 Å². The van der Waals surface area contributed by atoms with Crippen LogP contribution >= 0.6 is 7.14 Å². The second kappa shape index (κ2) is 15.6. The van der Waals surface area contributed by atoms with Crippen LogP contribution in [-0.2, 0) is 9.98 Å². The zero-order valence-electron chi connectivity index (χ0n) is 34.1. The molecule has 1 fully saturated rings. The third-order valence-electron chi connectivity index (χ3n) is 12.5. The van der Waals surface area contributed by atoms with Gasteiger partial charge in [-0.2, -0.15) is 0 Å². The Morgan fingerprint density at radius 1 is 0.400 bits per heavy atom. The molecule has 8 aromatic carbocycles. The van der Waals surface area contributed by atoms with Crippen LogP contribution in [-0.4, -0.2) is 28.3 Å². The van der Waals surface area contributed by atoms with Gasteiger partial charge < -0.3 is 4.57 Å². The molecule has 0 aliphatic heterocycles. The lowest BCUT2D eigenvalue weighted by atomic mass is 9.65. The van der Waals surface area contributed by atoms with Gasteiger partial charge in [0.15, 0.2) is 17.5 Å². The standard InChI is InChI=1S/C55H46N3OP/c1-60(2,59)45-33-29-38(30-34-45)42-21-16-22-44(37-42)55(35-14-5-15-36-55)43-31-27-41(28-32-43)53-56-52(40-19-8-4-9-20-40)57-54(58-53)51-48-25-12-10-23-46(48)50(39-17-6-3-7-18-39)47-24-11-13-26-49(47)51/h3-4,6-13,16-34,37H,5,14-15,35-36H2,1-2H3. The Kier molecular flexibility index (Phi) is 9.82. The van der Waals surface area contributed by atoms with Gasteiger partial charge in [-0.25, -0.2) is 15.0 Å². The molecule has 60 heavy (non-hydrogen) atoms. The summed E-state index contributed by atoms with van der Waals surface area (Å²) in [6.45, 7) is 3.66. The quantitative estimate of drug-likeness (QED) is 0.114. The molecule has 1 saturated carbocycles. The summed E-state index contributed by atoms with van der Waals surface area (Å²) < 4.78 is 12.7. The zero-order valence-corrected chi connectivity index (χ0v) is 34.9. The van der Waals surface area contributed by atoms with Crippen molar-refractivity contribution < 1.29 is 4.57 Å². The molecule has 1 heterocycles. The maximum absolute atomic E-state index is 12.7. The molecule has 0 N–H and O–H groups in total. The van der Waals surface area contributed by atoms with Crippen molar-refractivity contribution in [3.63, 3.8) is 0 Å². The zero-order chi connectivity index (χ0) is 40.7. The van der Waals surface area contributed by atoms with E-state index >= 15 is 0 Å². The minimum atomic E-state index is -2.32. The molecule has 1 aliphatic carbocycles. The molecule has 4 nitrogen and oxygen atoms in total. The maximum Gasteiger partial charge on any atom is 0.165 e. The van der Waals surface area contributed by atoms with Gasteiger partial charge in [-0.15, -0.1) is 0 Å². The number of fused-ring (bicyclic) bond motifs is 2. The highest BCUT2D eigenvalue weighted by molar-refractivity contribution is 7.70. The van der Waals surface area contributed by atoms with Gasteiger partial charge in [0.25, 0.3) is 0 Å². The molecule has 0 bridgehead atoms. The number of rotatable bonds is 8. The van der Waals surface area contributed by atoms with Crippen LogP contribution in [0.5, 0.6) is 0 Å². The molecular formula is C55H46N3OP. The van der Waals surface area contributed by atoms with E-state index in [1.807, 2.05) is 43.7 Å². The summed E-state index contributed by atoms with van der Waals surface area (Å²) in [7, 11) is -2.32. The van der Waals surface area contributed by atoms with Gasteiger partial charge in [-0.3, -0.25) is 0 Å². The third kappa shape index (κ3) is 6.95. The molecule has 10 rings (SSSR count). The first-order chi connectivity index (χ1) is 29.4. The molecule has 0 amide bonds. The molecule has 0 saturated heterocycles. The molecule has 0 atom stereocenters. The highest BCUT2D eigenvalue weighted by Gasteiger charge is 2.36. The van der Waals surface area contributed by atoms with E-state index in [4.69, 9.17) is 15.0 Å². The van der Waals surface area contributed by atoms with Crippen molar-refractivity contribution in [3.05, 3.63) is 193 Å². The van der Waals surface area contributed by atoms with Crippen molar-refractivity contribution in [2.24, 2.45) is 0 Å². The Labute approximate surface area is 352 Å². The number of benzene rings is 8. The second-order valence-corrected chi connectivity index (χ2v) is 19.8. The van der Waals surface area contributed by atoms with E-state index in [-0.39, 0.29) is 5.41 Å². The SMILES string of the molecule is CP(C)(=O)c1ccc(-c2cccc(C3(c4ccc(-c5nc(-c6ccccc6)nc(-c6c7ccccc7c(-c7ccccc7)c7ccccc67)n5)cc4)CCCCC3)c2)cc1. The average Bonchev–Trinajstić information content (AvgIpc) is 3.31. The van der Waals surface area contributed by atoms with E-state index in [1.54, 1.807) is 0 Å². The number of aromatic nitrogens is 3. The summed E-state index contributed by atoms with van der Waals surface area (Å²) >= 11 is 0. The van der Waals surface area contributed by atoms with Crippen molar-refractivity contribution in [1.82, 2.24) is 15.0 Å². The lowest BCUT2D eigenvalue weighted by Crippen LogP contribution is -2.30. The molecule has 0 spiro atoms. The van der Waals surface area contributed by atoms with E-state index < -0.39 is 7.14 Å². The van der Waals surface area contributed by atoms with Gasteiger partial charge in [-0.1, -0.05) is 201 Å². The Balaban J connectivity index is 1.10. The van der Waals surface area contributed by atoms with Gasteiger partial charge in [0.05, 0.1) is 0 Å². The van der Waals surface area contributed by atoms with Crippen LogP contribution in [0.3, 0.4) is 0 Å². The predicted octanol–water partition coefficient (Wildman–Crippen LogP) is 14.0. The summed E-state index contributed by atoms with van der Waals surface area (Å²) in [4.78, 5) is 15.8. The number of nitrogens with zero attached hydrogens (tertiary/aromatic N) is 3. The molecule has 5 heteroatoms. The molecular weight excluding hydrogens is 750 g/mol. The topological polar surface area (TPSA) is 55.7 Å². The fraction of sp³-hybridized carbons (Fsp3) is 0.145. The first-order valence-corrected chi connectivity index (χ1v) is 23.6. The molecule has 1 aliphatic rings. The van der Waals surface area contributed by atoms with Crippen LogP contribution in [0.1, 0.15) is 43.2 Å². The molecule has 0 unspecified atom stereocenters. The molecule has 0 radical (unpaired) electrons. The Hall–Kier alpha value is -6.48. The van der Waals surface area contributed by atoms with Crippen LogP contribution in [0.2, 0.25) is 0 Å². The van der Waals surface area contributed by atoms with Crippen molar-refractivity contribution in [1.29, 1.82) is 0 Å². The van der Waals surface area contributed by atoms with Gasteiger partial charge in [-0.05, 0) is 81.1 Å². The Morgan fingerprint density at radius 2 is 0.867 bits per heavy atom. The summed E-state index contributed by atoms with van der Waals surface area (Å²) in [5.41, 5.74) is 10.2. The van der Waals surface area contributed by atoms with Gasteiger partial charge in [0.1, 0.15) is 7.14 Å². The fourth-order valence-electron chi connectivity index (χ4n) is 9.47. The van der Waals surface area contributed by atoms with Crippen molar-refractivity contribution in [2.45, 2.75) is 37.5 Å². The van der Waals surface area contributed by atoms with Crippen LogP contribution < -0.4 is 5.30 Å². The van der Waals surface area contributed by atoms with E-state index in [9.17, 15) is 4.57 Å². The van der Waals surface area contributed by atoms with E-state index in [2.05, 4.69) is 152 Å². The highest BCUT2D eigenvalue weighted by atomic mass is 31.2. The predicted molar refractivity (Wildman–Crippen MR) is 251 cm³/mol. The molecule has 9 aromatic rings. The van der Waals surface area contributed by atoms with E-state index in [0.29, 0.717) is 17.5 Å². The number of hydrogen-bond acceptors (Lipinski definition) is 4. The minimum Gasteiger partial charge on any atom is -0.319 e. The summed E-state index contributed by atoms with van der Waals surface area (Å²) in [5.74, 6) is 1.95. The molecule has 292 valence electrons. The smallest absolute Gasteiger partial charge is 0.165 e. The van der Waals surface area contributed by atoms with Gasteiger partial charge in [0, 0.05) is 27.4 Å². The highest BCUT2D eigenvalue weighted by Crippen LogP contribution is 2.47. The first-order valence-electron chi connectivity index (χ1n) is 21.0. The average molecular weight is 796 g/mol. The maximum atomic E-state index is 12.7. The van der Waals surface area contributed by atoms with E-state index in [0.717, 1.165) is 61.9 Å². The monoisotopic (exact) mass is 795 g/mol. The van der Waals surface area contributed by atoms with Gasteiger partial charge >= 0.3 is 0 Å². The van der Waals surface area contributed by atoms with E-state index in [1.165, 1.54) is 47.1 Å². The lowest BCUT2D eigenvalue weighted by molar-refractivity contribution is 0.346. The second-order valence-electron chi connectivity index (χ2n) is 16.6. The lowest BCUT2D eigenvalue weighted by Gasteiger charge is -2.39. The first kappa shape index (κ1) is 37.8. The Morgan fingerprint density at radius 3 is 1.43 bits per heavy atom. The summed E-state index contributed by atoms with van der Waals surface area (Å²) in [6, 6.07) is 64.6. The Bertz CT molecular complexity index is 2980. The summed E-state index contributed by atoms with van der Waals surface area (Å²) in [6.07, 6.45) is 5.81. The van der Waals surface area contributed by atoms with Crippen LogP contribution in [0.15, 0.2) is 182 Å². The van der Waals surface area contributed by atoms with Crippen molar-refractivity contribution >= 4 is 34.0 Å². The van der Waals surface area contributed by atoms with Crippen molar-refractivity contribution in [2.75, 3.05) is 13.3 Å².